The van der Waals surface area contributed by atoms with E-state index in [4.69, 9.17) is 0 Å². The lowest BCUT2D eigenvalue weighted by molar-refractivity contribution is -0.116. The fraction of sp³-hybridized carbons (Fsp3) is 0.636. The van der Waals surface area contributed by atoms with Crippen LogP contribution in [0.3, 0.4) is 0 Å². The average molecular weight is 194 g/mol. The summed E-state index contributed by atoms with van der Waals surface area (Å²) in [4.78, 5) is 15.7. The van der Waals surface area contributed by atoms with Crippen LogP contribution in [-0.4, -0.2) is 25.7 Å². The molecule has 1 heterocycles. The number of allylic oxidation sites excluding steroid dienone is 1. The van der Waals surface area contributed by atoms with Gasteiger partial charge in [-0.2, -0.15) is 0 Å². The molecule has 0 aromatic rings. The molecule has 0 bridgehead atoms. The van der Waals surface area contributed by atoms with Crippen LogP contribution in [0.25, 0.3) is 0 Å². The van der Waals surface area contributed by atoms with Crippen LogP contribution in [0.4, 0.5) is 0 Å². The number of hydrogen-bond acceptors (Lipinski definition) is 2. The molecule has 1 aliphatic heterocycles. The second-order valence-corrected chi connectivity index (χ2v) is 3.91. The van der Waals surface area contributed by atoms with Gasteiger partial charge in [0.05, 0.1) is 5.57 Å². The van der Waals surface area contributed by atoms with Crippen LogP contribution in [0.1, 0.15) is 26.7 Å². The number of nitrogens with one attached hydrogen (secondary N) is 1. The Kier molecular flexibility index (Phi) is 3.86. The lowest BCUT2D eigenvalue weighted by atomic mass is 9.97. The molecule has 0 fully saturated rings. The monoisotopic (exact) mass is 194 g/mol. The van der Waals surface area contributed by atoms with Gasteiger partial charge in [0, 0.05) is 19.8 Å². The van der Waals surface area contributed by atoms with E-state index in [1.807, 2.05) is 6.92 Å². The van der Waals surface area contributed by atoms with Crippen molar-refractivity contribution in [3.05, 3.63) is 11.1 Å². The number of likely N-dealkylation sites (N-methyl/N-ethyl adjacent to an activating group) is 1. The molecule has 0 aromatic heterocycles. The molecule has 0 aromatic carbocycles. The lowest BCUT2D eigenvalue weighted by Crippen LogP contribution is -2.23. The number of nitrogens with zero attached hydrogens (tertiary/aromatic N) is 1. The normalized spacial score (nSPS) is 30.4. The van der Waals surface area contributed by atoms with Crippen LogP contribution in [0.2, 0.25) is 0 Å². The molecule has 0 unspecified atom stereocenters. The molecule has 0 radical (unpaired) electrons. The van der Waals surface area contributed by atoms with Gasteiger partial charge in [0.15, 0.2) is 0 Å². The van der Waals surface area contributed by atoms with Gasteiger partial charge >= 0.3 is 0 Å². The second-order valence-electron chi connectivity index (χ2n) is 3.91. The van der Waals surface area contributed by atoms with Crippen LogP contribution < -0.4 is 5.32 Å². The van der Waals surface area contributed by atoms with Crippen molar-refractivity contribution in [2.45, 2.75) is 26.7 Å². The van der Waals surface area contributed by atoms with Crippen molar-refractivity contribution in [1.82, 2.24) is 5.32 Å². The van der Waals surface area contributed by atoms with Crippen molar-refractivity contribution >= 4 is 12.1 Å². The summed E-state index contributed by atoms with van der Waals surface area (Å²) in [7, 11) is 1.65. The lowest BCUT2D eigenvalue weighted by Gasteiger charge is -2.14. The molecule has 0 saturated heterocycles. The average Bonchev–Trinajstić information content (AvgIpc) is 2.17. The summed E-state index contributed by atoms with van der Waals surface area (Å²) >= 11 is 0. The summed E-state index contributed by atoms with van der Waals surface area (Å²) in [6.07, 6.45) is 3.82. The zero-order valence-electron chi connectivity index (χ0n) is 9.13. The first-order valence-electron chi connectivity index (χ1n) is 5.06. The first kappa shape index (κ1) is 11.0. The highest BCUT2D eigenvalue weighted by atomic mass is 16.1. The van der Waals surface area contributed by atoms with Gasteiger partial charge in [0.2, 0.25) is 0 Å². The van der Waals surface area contributed by atoms with E-state index < -0.39 is 0 Å². The van der Waals surface area contributed by atoms with E-state index in [-0.39, 0.29) is 5.91 Å². The van der Waals surface area contributed by atoms with E-state index in [9.17, 15) is 4.79 Å². The Morgan fingerprint density at radius 3 is 3.00 bits per heavy atom. The maximum absolute atomic E-state index is 11.5. The number of aliphatic imine (C=N–C) groups is 1. The van der Waals surface area contributed by atoms with E-state index in [0.29, 0.717) is 5.92 Å². The minimum absolute atomic E-state index is 0.0270. The Morgan fingerprint density at radius 2 is 2.36 bits per heavy atom. The number of amides is 1. The highest BCUT2D eigenvalue weighted by Gasteiger charge is 2.12. The molecule has 3 heteroatoms. The Labute approximate surface area is 85.3 Å². The van der Waals surface area contributed by atoms with Crippen molar-refractivity contribution in [1.29, 1.82) is 0 Å². The minimum Gasteiger partial charge on any atom is -0.355 e. The standard InChI is InChI=1S/C11H18N2O/c1-8-4-5-9(2)10(7-13-6-8)11(14)12-3/h7-8H,4-6H2,1-3H3,(H,12,14)/b10-9+,13-7-/t8-/m0/s1. The number of carbonyl (C=O) groups is 1. The number of rotatable bonds is 1. The van der Waals surface area contributed by atoms with E-state index in [2.05, 4.69) is 17.2 Å². The van der Waals surface area contributed by atoms with Gasteiger partial charge < -0.3 is 5.32 Å². The zero-order valence-corrected chi connectivity index (χ0v) is 9.13. The Bertz CT molecular complexity index is 279. The minimum atomic E-state index is -0.0270. The van der Waals surface area contributed by atoms with Crippen molar-refractivity contribution in [2.75, 3.05) is 13.6 Å². The first-order chi connectivity index (χ1) is 6.65. The summed E-state index contributed by atoms with van der Waals surface area (Å²) in [6.45, 7) is 5.03. The van der Waals surface area contributed by atoms with E-state index in [1.165, 1.54) is 0 Å². The van der Waals surface area contributed by atoms with Crippen LogP contribution in [-0.2, 0) is 4.79 Å². The molecule has 1 atom stereocenters. The molecule has 1 aliphatic rings. The summed E-state index contributed by atoms with van der Waals surface area (Å²) in [6, 6.07) is 0. The van der Waals surface area contributed by atoms with Gasteiger partial charge in [0.25, 0.3) is 5.91 Å². The van der Waals surface area contributed by atoms with Crippen LogP contribution in [0.15, 0.2) is 16.1 Å². The summed E-state index contributed by atoms with van der Waals surface area (Å²) < 4.78 is 0. The van der Waals surface area contributed by atoms with Gasteiger partial charge in [-0.15, -0.1) is 0 Å². The Balaban J connectivity index is 2.85. The topological polar surface area (TPSA) is 41.5 Å². The largest absolute Gasteiger partial charge is 0.355 e. The van der Waals surface area contributed by atoms with E-state index in [0.717, 1.165) is 30.5 Å². The summed E-state index contributed by atoms with van der Waals surface area (Å²) in [5.74, 6) is 0.591. The van der Waals surface area contributed by atoms with Gasteiger partial charge in [-0.3, -0.25) is 9.79 Å². The molecule has 14 heavy (non-hydrogen) atoms. The van der Waals surface area contributed by atoms with E-state index >= 15 is 0 Å². The quantitative estimate of drug-likeness (QED) is 0.676. The molecular formula is C11H18N2O. The molecule has 1 rings (SSSR count). The third kappa shape index (κ3) is 2.69. The van der Waals surface area contributed by atoms with Crippen molar-refractivity contribution in [3.63, 3.8) is 0 Å². The predicted molar refractivity (Wildman–Crippen MR) is 58.5 cm³/mol. The van der Waals surface area contributed by atoms with Crippen LogP contribution in [0, 0.1) is 5.92 Å². The maximum Gasteiger partial charge on any atom is 0.252 e. The van der Waals surface area contributed by atoms with Crippen molar-refractivity contribution in [3.8, 4) is 0 Å². The number of hydrogen-bond donors (Lipinski definition) is 1. The maximum atomic E-state index is 11.5. The summed E-state index contributed by atoms with van der Waals surface area (Å²) in [5.41, 5.74) is 1.87. The Morgan fingerprint density at radius 1 is 1.64 bits per heavy atom. The highest BCUT2D eigenvalue weighted by Crippen LogP contribution is 2.17. The van der Waals surface area contributed by atoms with E-state index in [1.54, 1.807) is 13.3 Å². The van der Waals surface area contributed by atoms with Crippen LogP contribution in [0.5, 0.6) is 0 Å². The predicted octanol–water partition coefficient (Wildman–Crippen LogP) is 1.55. The van der Waals surface area contributed by atoms with Gasteiger partial charge in [-0.1, -0.05) is 12.5 Å². The number of carbonyl (C=O) groups excluding carboxylic acids is 1. The Hall–Kier alpha value is -1.12. The van der Waals surface area contributed by atoms with Crippen molar-refractivity contribution < 1.29 is 4.79 Å². The smallest absolute Gasteiger partial charge is 0.252 e. The fourth-order valence-electron chi connectivity index (χ4n) is 1.51. The van der Waals surface area contributed by atoms with Gasteiger partial charge in [-0.05, 0) is 25.7 Å². The molecular weight excluding hydrogens is 176 g/mol. The van der Waals surface area contributed by atoms with Gasteiger partial charge in [0.1, 0.15) is 0 Å². The third-order valence-electron chi connectivity index (χ3n) is 2.58. The molecule has 3 nitrogen and oxygen atoms in total. The first-order valence-corrected chi connectivity index (χ1v) is 5.06. The van der Waals surface area contributed by atoms with Crippen molar-refractivity contribution in [2.24, 2.45) is 10.9 Å². The van der Waals surface area contributed by atoms with Gasteiger partial charge in [-0.25, -0.2) is 0 Å². The SMILES string of the molecule is CNC(=O)C1=C(\C)CC[C@H](C)C/N=C\1. The molecule has 0 spiro atoms. The zero-order chi connectivity index (χ0) is 10.6. The molecule has 0 saturated carbocycles. The molecule has 0 aliphatic carbocycles. The third-order valence-corrected chi connectivity index (χ3v) is 2.58. The summed E-state index contributed by atoms with van der Waals surface area (Å²) in [5, 5.41) is 2.64. The highest BCUT2D eigenvalue weighted by molar-refractivity contribution is 6.12. The molecule has 78 valence electrons. The fourth-order valence-corrected chi connectivity index (χ4v) is 1.51. The molecule has 1 amide bonds. The molecule has 1 N–H and O–H groups in total. The second kappa shape index (κ2) is 4.94. The van der Waals surface area contributed by atoms with Crippen LogP contribution >= 0.6 is 0 Å².